The Morgan fingerprint density at radius 2 is 2.06 bits per heavy atom. The molecule has 1 aromatic carbocycles. The van der Waals surface area contributed by atoms with Crippen LogP contribution in [0.2, 0.25) is 0 Å². The van der Waals surface area contributed by atoms with Gasteiger partial charge in [0, 0.05) is 30.9 Å². The zero-order valence-electron chi connectivity index (χ0n) is 10.4. The second-order valence-electron chi connectivity index (χ2n) is 5.35. The Kier molecular flexibility index (Phi) is 2.21. The number of piperazine rings is 1. The van der Waals surface area contributed by atoms with Crippen molar-refractivity contribution in [2.75, 3.05) is 18.0 Å². The fraction of sp³-hybridized carbons (Fsp3) is 0.571. The van der Waals surface area contributed by atoms with E-state index in [9.17, 15) is 0 Å². The molecule has 0 bridgehead atoms. The van der Waals surface area contributed by atoms with Crippen molar-refractivity contribution in [3.8, 4) is 0 Å². The van der Waals surface area contributed by atoms with Gasteiger partial charge in [0.05, 0.1) is 0 Å². The summed E-state index contributed by atoms with van der Waals surface area (Å²) in [4.78, 5) is 2.63. The van der Waals surface area contributed by atoms with Gasteiger partial charge in [-0.2, -0.15) is 0 Å². The van der Waals surface area contributed by atoms with Crippen molar-refractivity contribution in [2.45, 2.75) is 39.3 Å². The van der Waals surface area contributed by atoms with Gasteiger partial charge in [0.2, 0.25) is 0 Å². The number of benzene rings is 1. The predicted octanol–water partition coefficient (Wildman–Crippen LogP) is 2.03. The minimum Gasteiger partial charge on any atom is -0.363 e. The molecule has 1 N–H and O–H groups in total. The molecule has 0 saturated carbocycles. The largest absolute Gasteiger partial charge is 0.363 e. The Morgan fingerprint density at radius 1 is 1.25 bits per heavy atom. The third-order valence-electron chi connectivity index (χ3n) is 4.00. The molecule has 2 heterocycles. The second-order valence-corrected chi connectivity index (χ2v) is 5.35. The van der Waals surface area contributed by atoms with Crippen LogP contribution in [0, 0.1) is 13.8 Å². The highest BCUT2D eigenvalue weighted by Crippen LogP contribution is 2.37. The zero-order chi connectivity index (χ0) is 11.3. The average Bonchev–Trinajstić information content (AvgIpc) is 2.58. The molecular weight excluding hydrogens is 196 g/mol. The Labute approximate surface area is 97.6 Å². The van der Waals surface area contributed by atoms with Gasteiger partial charge in [-0.3, -0.25) is 0 Å². The van der Waals surface area contributed by atoms with Crippen LogP contribution in [-0.4, -0.2) is 25.2 Å². The Morgan fingerprint density at radius 3 is 2.88 bits per heavy atom. The van der Waals surface area contributed by atoms with Crippen molar-refractivity contribution in [2.24, 2.45) is 0 Å². The van der Waals surface area contributed by atoms with Crippen LogP contribution >= 0.6 is 0 Å². The summed E-state index contributed by atoms with van der Waals surface area (Å²) in [5, 5.41) is 3.53. The second kappa shape index (κ2) is 3.49. The molecule has 0 amide bonds. The summed E-state index contributed by atoms with van der Waals surface area (Å²) in [7, 11) is 0. The van der Waals surface area contributed by atoms with E-state index >= 15 is 0 Å². The summed E-state index contributed by atoms with van der Waals surface area (Å²) in [6.45, 7) is 9.03. The topological polar surface area (TPSA) is 15.3 Å². The number of anilines is 1. The molecule has 0 aliphatic carbocycles. The SMILES string of the molecule is Cc1cc(C)c2c(c1)N1C(C)CNC[C@H]1C2. The molecule has 2 aliphatic heterocycles. The molecule has 2 heteroatoms. The maximum atomic E-state index is 3.53. The maximum Gasteiger partial charge on any atom is 0.0459 e. The minimum absolute atomic E-state index is 0.626. The lowest BCUT2D eigenvalue weighted by Gasteiger charge is -2.38. The smallest absolute Gasteiger partial charge is 0.0459 e. The van der Waals surface area contributed by atoms with E-state index in [1.807, 2.05) is 0 Å². The Balaban J connectivity index is 2.10. The quantitative estimate of drug-likeness (QED) is 0.714. The highest BCUT2D eigenvalue weighted by molar-refractivity contribution is 5.64. The number of nitrogens with one attached hydrogen (secondary N) is 1. The van der Waals surface area contributed by atoms with Crippen molar-refractivity contribution in [3.63, 3.8) is 0 Å². The molecule has 2 aliphatic rings. The minimum atomic E-state index is 0.626. The highest BCUT2D eigenvalue weighted by Gasteiger charge is 2.35. The molecule has 1 fully saturated rings. The van der Waals surface area contributed by atoms with Crippen LogP contribution in [0.5, 0.6) is 0 Å². The number of hydrogen-bond acceptors (Lipinski definition) is 2. The maximum absolute atomic E-state index is 3.53. The van der Waals surface area contributed by atoms with Crippen LogP contribution in [0.1, 0.15) is 23.6 Å². The van der Waals surface area contributed by atoms with Gasteiger partial charge < -0.3 is 10.2 Å². The first-order valence-corrected chi connectivity index (χ1v) is 6.26. The lowest BCUT2D eigenvalue weighted by molar-refractivity contribution is 0.429. The van der Waals surface area contributed by atoms with Crippen molar-refractivity contribution in [1.82, 2.24) is 5.32 Å². The number of rotatable bonds is 0. The van der Waals surface area contributed by atoms with Crippen LogP contribution in [0.3, 0.4) is 0 Å². The molecule has 0 spiro atoms. The van der Waals surface area contributed by atoms with Gasteiger partial charge in [0.15, 0.2) is 0 Å². The monoisotopic (exact) mass is 216 g/mol. The summed E-state index contributed by atoms with van der Waals surface area (Å²) in [5.41, 5.74) is 5.93. The van der Waals surface area contributed by atoms with E-state index in [-0.39, 0.29) is 0 Å². The van der Waals surface area contributed by atoms with Gasteiger partial charge in [-0.25, -0.2) is 0 Å². The number of nitrogens with zero attached hydrogens (tertiary/aromatic N) is 1. The summed E-state index contributed by atoms with van der Waals surface area (Å²) in [6, 6.07) is 5.99. The lowest BCUT2D eigenvalue weighted by Crippen LogP contribution is -2.54. The van der Waals surface area contributed by atoms with E-state index in [1.165, 1.54) is 23.2 Å². The number of fused-ring (bicyclic) bond motifs is 3. The van der Waals surface area contributed by atoms with E-state index in [1.54, 1.807) is 5.56 Å². The lowest BCUT2D eigenvalue weighted by atomic mass is 10.0. The molecule has 1 aromatic rings. The molecule has 2 nitrogen and oxygen atoms in total. The molecule has 0 radical (unpaired) electrons. The van der Waals surface area contributed by atoms with Gasteiger partial charge in [-0.1, -0.05) is 6.07 Å². The first-order chi connectivity index (χ1) is 7.66. The molecular formula is C14H20N2. The van der Waals surface area contributed by atoms with Gasteiger partial charge in [0.1, 0.15) is 0 Å². The fourth-order valence-corrected chi connectivity index (χ4v) is 3.33. The van der Waals surface area contributed by atoms with Crippen LogP contribution in [0.15, 0.2) is 12.1 Å². The van der Waals surface area contributed by atoms with Crippen molar-refractivity contribution in [3.05, 3.63) is 28.8 Å². The number of aryl methyl sites for hydroxylation is 2. The zero-order valence-corrected chi connectivity index (χ0v) is 10.4. The Hall–Kier alpha value is -1.02. The van der Waals surface area contributed by atoms with E-state index < -0.39 is 0 Å². The van der Waals surface area contributed by atoms with Crippen molar-refractivity contribution >= 4 is 5.69 Å². The van der Waals surface area contributed by atoms with E-state index in [0.717, 1.165) is 13.1 Å². The standard InChI is InChI=1S/C14H20N2/c1-9-4-10(2)13-6-12-8-15-7-11(3)16(12)14(13)5-9/h4-5,11-12,15H,6-8H2,1-3H3/t11?,12-/m1/s1. The normalized spacial score (nSPS) is 27.8. The van der Waals surface area contributed by atoms with Crippen LogP contribution in [-0.2, 0) is 6.42 Å². The van der Waals surface area contributed by atoms with E-state index in [0.29, 0.717) is 12.1 Å². The third-order valence-corrected chi connectivity index (χ3v) is 4.00. The molecule has 0 aromatic heterocycles. The first-order valence-electron chi connectivity index (χ1n) is 6.26. The van der Waals surface area contributed by atoms with Gasteiger partial charge in [-0.15, -0.1) is 0 Å². The van der Waals surface area contributed by atoms with Crippen LogP contribution in [0.4, 0.5) is 5.69 Å². The summed E-state index contributed by atoms with van der Waals surface area (Å²) in [5.74, 6) is 0. The first kappa shape index (κ1) is 10.2. The third kappa shape index (κ3) is 1.36. The van der Waals surface area contributed by atoms with Gasteiger partial charge in [0.25, 0.3) is 0 Å². The average molecular weight is 216 g/mol. The van der Waals surface area contributed by atoms with Crippen LogP contribution < -0.4 is 10.2 Å². The molecule has 1 unspecified atom stereocenters. The summed E-state index contributed by atoms with van der Waals surface area (Å²) >= 11 is 0. The number of hydrogen-bond donors (Lipinski definition) is 1. The van der Waals surface area contributed by atoms with E-state index in [2.05, 4.69) is 43.1 Å². The Bertz CT molecular complexity index is 425. The van der Waals surface area contributed by atoms with Gasteiger partial charge >= 0.3 is 0 Å². The van der Waals surface area contributed by atoms with Crippen molar-refractivity contribution < 1.29 is 0 Å². The molecule has 1 saturated heterocycles. The predicted molar refractivity (Wildman–Crippen MR) is 68.2 cm³/mol. The summed E-state index contributed by atoms with van der Waals surface area (Å²) in [6.07, 6.45) is 1.22. The van der Waals surface area contributed by atoms with Gasteiger partial charge in [-0.05, 0) is 49.9 Å². The molecule has 3 rings (SSSR count). The summed E-state index contributed by atoms with van der Waals surface area (Å²) < 4.78 is 0. The molecule has 86 valence electrons. The van der Waals surface area contributed by atoms with Crippen molar-refractivity contribution in [1.29, 1.82) is 0 Å². The molecule has 16 heavy (non-hydrogen) atoms. The highest BCUT2D eigenvalue weighted by atomic mass is 15.3. The fourth-order valence-electron chi connectivity index (χ4n) is 3.33. The molecule has 2 atom stereocenters. The van der Waals surface area contributed by atoms with E-state index in [4.69, 9.17) is 0 Å². The van der Waals surface area contributed by atoms with Crippen LogP contribution in [0.25, 0.3) is 0 Å².